The quantitative estimate of drug-likeness (QED) is 0.730. The van der Waals surface area contributed by atoms with Crippen molar-refractivity contribution in [2.24, 2.45) is 4.99 Å². The van der Waals surface area contributed by atoms with Gasteiger partial charge in [0.2, 0.25) is 0 Å². The van der Waals surface area contributed by atoms with Crippen molar-refractivity contribution in [2.75, 3.05) is 11.1 Å². The van der Waals surface area contributed by atoms with Crippen LogP contribution in [0, 0.1) is 6.92 Å². The molecule has 0 spiro atoms. The molecule has 8 heteroatoms. The van der Waals surface area contributed by atoms with E-state index < -0.39 is 12.0 Å². The molecule has 102 valence electrons. The van der Waals surface area contributed by atoms with Gasteiger partial charge in [-0.15, -0.1) is 0 Å². The molecule has 1 unspecified atom stereocenters. The van der Waals surface area contributed by atoms with E-state index in [4.69, 9.17) is 28.3 Å². The van der Waals surface area contributed by atoms with E-state index in [-0.39, 0.29) is 10.8 Å². The minimum absolute atomic E-state index is 0.134. The van der Waals surface area contributed by atoms with Gasteiger partial charge >= 0.3 is 5.97 Å². The molecule has 5 nitrogen and oxygen atoms in total. The summed E-state index contributed by atoms with van der Waals surface area (Å²) in [7, 11) is 0. The Balaban J connectivity index is 2.26. The third kappa shape index (κ3) is 2.91. The zero-order valence-corrected chi connectivity index (χ0v) is 12.1. The van der Waals surface area contributed by atoms with Crippen molar-refractivity contribution in [3.8, 4) is 5.75 Å². The number of halogens is 2. The van der Waals surface area contributed by atoms with E-state index in [0.29, 0.717) is 27.2 Å². The number of amidine groups is 1. The predicted octanol–water partition coefficient (Wildman–Crippen LogP) is 2.98. The molecule has 2 rings (SSSR count). The summed E-state index contributed by atoms with van der Waals surface area (Å²) in [6, 6.07) is 0.751. The molecular formula is C11H10Cl2N2O3S. The molecule has 19 heavy (non-hydrogen) atoms. The molecule has 1 aliphatic heterocycles. The lowest BCUT2D eigenvalue weighted by molar-refractivity contribution is -0.137. The first kappa shape index (κ1) is 14.3. The second kappa shape index (κ2) is 5.48. The Bertz CT molecular complexity index is 578. The highest BCUT2D eigenvalue weighted by molar-refractivity contribution is 8.14. The van der Waals surface area contributed by atoms with Crippen molar-refractivity contribution in [3.63, 3.8) is 0 Å². The maximum atomic E-state index is 10.8. The van der Waals surface area contributed by atoms with Crippen LogP contribution in [-0.2, 0) is 4.79 Å². The Morgan fingerprint density at radius 3 is 2.84 bits per heavy atom. The highest BCUT2D eigenvalue weighted by atomic mass is 35.5. The molecular weight excluding hydrogens is 311 g/mol. The maximum absolute atomic E-state index is 10.8. The Morgan fingerprint density at radius 1 is 1.58 bits per heavy atom. The van der Waals surface area contributed by atoms with Gasteiger partial charge in [-0.25, -0.2) is 9.79 Å². The first-order valence-corrected chi connectivity index (χ1v) is 7.02. The third-order valence-electron chi connectivity index (χ3n) is 2.60. The van der Waals surface area contributed by atoms with Gasteiger partial charge in [-0.1, -0.05) is 35.0 Å². The van der Waals surface area contributed by atoms with E-state index in [0.717, 1.165) is 0 Å². The van der Waals surface area contributed by atoms with Crippen molar-refractivity contribution in [3.05, 3.63) is 21.7 Å². The van der Waals surface area contributed by atoms with Gasteiger partial charge in [0.25, 0.3) is 0 Å². The number of aromatic hydroxyl groups is 1. The van der Waals surface area contributed by atoms with Gasteiger partial charge in [-0.3, -0.25) is 0 Å². The van der Waals surface area contributed by atoms with Gasteiger partial charge in [0, 0.05) is 10.8 Å². The summed E-state index contributed by atoms with van der Waals surface area (Å²) >= 11 is 13.2. The molecule has 3 N–H and O–H groups in total. The number of nitrogens with zero attached hydrogens (tertiary/aromatic N) is 1. The highest BCUT2D eigenvalue weighted by Crippen LogP contribution is 2.39. The smallest absolute Gasteiger partial charge is 0.329 e. The minimum atomic E-state index is -0.978. The van der Waals surface area contributed by atoms with Gasteiger partial charge in [0.1, 0.15) is 0 Å². The lowest BCUT2D eigenvalue weighted by atomic mass is 10.2. The zero-order chi connectivity index (χ0) is 14.2. The van der Waals surface area contributed by atoms with Gasteiger partial charge in [-0.05, 0) is 18.6 Å². The van der Waals surface area contributed by atoms with Crippen LogP contribution in [-0.4, -0.2) is 33.1 Å². The van der Waals surface area contributed by atoms with Crippen molar-refractivity contribution >= 4 is 51.8 Å². The second-order valence-electron chi connectivity index (χ2n) is 3.92. The molecule has 0 saturated carbocycles. The number of nitrogens with one attached hydrogen (secondary N) is 1. The molecule has 0 radical (unpaired) electrons. The molecule has 0 saturated heterocycles. The number of thioether (sulfide) groups is 1. The number of carbonyl (C=O) groups is 1. The first-order valence-electron chi connectivity index (χ1n) is 5.28. The fourth-order valence-electron chi connectivity index (χ4n) is 1.48. The van der Waals surface area contributed by atoms with Crippen molar-refractivity contribution in [2.45, 2.75) is 13.0 Å². The zero-order valence-electron chi connectivity index (χ0n) is 9.78. The lowest BCUT2D eigenvalue weighted by Gasteiger charge is -2.11. The van der Waals surface area contributed by atoms with E-state index in [9.17, 15) is 9.90 Å². The number of hydrogen-bond acceptors (Lipinski definition) is 5. The van der Waals surface area contributed by atoms with E-state index in [1.54, 1.807) is 6.92 Å². The fourth-order valence-corrected chi connectivity index (χ4v) is 2.86. The summed E-state index contributed by atoms with van der Waals surface area (Å²) in [6.45, 7) is 1.69. The monoisotopic (exact) mass is 320 g/mol. The molecule has 1 atom stereocenters. The normalized spacial score (nSPS) is 18.3. The summed E-state index contributed by atoms with van der Waals surface area (Å²) in [6.07, 6.45) is 0. The van der Waals surface area contributed by atoms with Crippen LogP contribution >= 0.6 is 35.0 Å². The van der Waals surface area contributed by atoms with Crippen molar-refractivity contribution < 1.29 is 15.0 Å². The maximum Gasteiger partial charge on any atom is 0.329 e. The molecule has 1 aromatic rings. The van der Waals surface area contributed by atoms with Gasteiger partial charge < -0.3 is 15.5 Å². The molecule has 0 aliphatic carbocycles. The summed E-state index contributed by atoms with van der Waals surface area (Å²) in [5, 5.41) is 22.6. The number of benzene rings is 1. The Morgan fingerprint density at radius 2 is 2.26 bits per heavy atom. The van der Waals surface area contributed by atoms with Crippen molar-refractivity contribution in [1.29, 1.82) is 0 Å². The van der Waals surface area contributed by atoms with Crippen LogP contribution in [0.5, 0.6) is 5.75 Å². The summed E-state index contributed by atoms with van der Waals surface area (Å²) in [5.74, 6) is -0.759. The molecule has 0 aromatic heterocycles. The van der Waals surface area contributed by atoms with Crippen LogP contribution in [0.1, 0.15) is 5.56 Å². The number of phenols is 1. The van der Waals surface area contributed by atoms with Crippen LogP contribution in [0.15, 0.2) is 11.1 Å². The summed E-state index contributed by atoms with van der Waals surface area (Å²) in [5.41, 5.74) is 0.883. The van der Waals surface area contributed by atoms with Gasteiger partial charge in [-0.2, -0.15) is 0 Å². The fraction of sp³-hybridized carbons (Fsp3) is 0.273. The van der Waals surface area contributed by atoms with E-state index in [1.165, 1.54) is 17.8 Å². The molecule has 1 aromatic carbocycles. The molecule has 1 aliphatic rings. The standard InChI is InChI=1S/C11H10Cl2N2O3S/c1-4-5(12)2-6(9(16)8(4)13)14-11-15-7(3-19-11)10(17)18/h2,7,16H,3H2,1H3,(H,14,15)(H,17,18). The molecule has 0 bridgehead atoms. The van der Waals surface area contributed by atoms with Crippen LogP contribution in [0.25, 0.3) is 0 Å². The summed E-state index contributed by atoms with van der Waals surface area (Å²) < 4.78 is 0. The number of carboxylic acid groups (broad SMARTS) is 1. The summed E-state index contributed by atoms with van der Waals surface area (Å²) in [4.78, 5) is 14.8. The molecule has 1 heterocycles. The third-order valence-corrected chi connectivity index (χ3v) is 4.42. The Labute approximate surface area is 123 Å². The van der Waals surface area contributed by atoms with E-state index >= 15 is 0 Å². The lowest BCUT2D eigenvalue weighted by Crippen LogP contribution is -2.17. The Kier molecular flexibility index (Phi) is 4.13. The number of phenolic OH excluding ortho intramolecular Hbond substituents is 1. The largest absolute Gasteiger partial charge is 0.504 e. The van der Waals surface area contributed by atoms with E-state index in [2.05, 4.69) is 10.3 Å². The van der Waals surface area contributed by atoms with E-state index in [1.807, 2.05) is 0 Å². The number of rotatable bonds is 2. The van der Waals surface area contributed by atoms with Crippen LogP contribution in [0.4, 0.5) is 5.69 Å². The van der Waals surface area contributed by atoms with Crippen LogP contribution in [0.2, 0.25) is 10.0 Å². The molecule has 0 amide bonds. The van der Waals surface area contributed by atoms with Gasteiger partial charge in [0.05, 0.1) is 10.7 Å². The highest BCUT2D eigenvalue weighted by Gasteiger charge is 2.25. The average molecular weight is 321 g/mol. The minimum Gasteiger partial charge on any atom is -0.504 e. The molecule has 0 fully saturated rings. The van der Waals surface area contributed by atoms with Crippen LogP contribution in [0.3, 0.4) is 0 Å². The number of aliphatic carboxylic acids is 1. The number of anilines is 1. The predicted molar refractivity (Wildman–Crippen MR) is 77.8 cm³/mol. The van der Waals surface area contributed by atoms with Crippen LogP contribution < -0.4 is 5.32 Å². The average Bonchev–Trinajstić information content (AvgIpc) is 2.82. The number of hydrogen-bond donors (Lipinski definition) is 3. The second-order valence-corrected chi connectivity index (χ2v) is 5.71. The van der Waals surface area contributed by atoms with Crippen molar-refractivity contribution in [1.82, 2.24) is 0 Å². The Hall–Kier alpha value is -1.11. The van der Waals surface area contributed by atoms with Gasteiger partial charge in [0.15, 0.2) is 17.0 Å². The first-order chi connectivity index (χ1) is 8.90. The SMILES string of the molecule is Cc1c(Cl)cc(NC2=NC(C(=O)O)CS2)c(O)c1Cl. The number of aliphatic imine (C=N–C) groups is 1. The topological polar surface area (TPSA) is 81.9 Å². The number of carboxylic acids is 1.